The smallest absolute Gasteiger partial charge is 0.410 e. The number of carbonyl (C=O) groups excluding carboxylic acids is 2. The Labute approximate surface area is 180 Å². The molecule has 174 valence electrons. The van der Waals surface area contributed by atoms with E-state index in [9.17, 15) is 19.5 Å². The Morgan fingerprint density at radius 3 is 2.07 bits per heavy atom. The molecule has 1 rings (SSSR count). The second kappa shape index (κ2) is 10.00. The van der Waals surface area contributed by atoms with E-state index in [-0.39, 0.29) is 23.8 Å². The van der Waals surface area contributed by atoms with Gasteiger partial charge < -0.3 is 29.2 Å². The van der Waals surface area contributed by atoms with Crippen LogP contribution in [0.2, 0.25) is 18.1 Å². The summed E-state index contributed by atoms with van der Waals surface area (Å²) in [4.78, 5) is 37.4. The molecular formula is C20H38N2O7Si. The second-order valence-electron chi connectivity index (χ2n) is 10.2. The van der Waals surface area contributed by atoms with E-state index in [1.807, 2.05) is 13.1 Å². The average molecular weight is 447 g/mol. The van der Waals surface area contributed by atoms with Gasteiger partial charge in [0.25, 0.3) is 0 Å². The van der Waals surface area contributed by atoms with Crippen LogP contribution in [-0.4, -0.2) is 73.9 Å². The normalized spacial score (nSPS) is 17.3. The van der Waals surface area contributed by atoms with Gasteiger partial charge in [-0.25, -0.2) is 14.4 Å². The standard InChI is InChI=1S/C20H38N2O7Si/c1-19(2,3)29-18(26)22-11-9-14(10-12-22)28-17(25)21-15(16(23)24)13-27-30(7,8)20(4,5)6/h14-15H,9-13H2,1-8H3,(H,21,25)(H,23,24)/t15-/m0/s1. The summed E-state index contributed by atoms with van der Waals surface area (Å²) in [7, 11) is -2.15. The van der Waals surface area contributed by atoms with Crippen molar-refractivity contribution in [1.82, 2.24) is 10.2 Å². The van der Waals surface area contributed by atoms with Gasteiger partial charge >= 0.3 is 18.2 Å². The molecule has 1 heterocycles. The van der Waals surface area contributed by atoms with Crippen molar-refractivity contribution in [1.29, 1.82) is 0 Å². The fourth-order valence-corrected chi connectivity index (χ4v) is 3.51. The third-order valence-electron chi connectivity index (χ3n) is 5.37. The molecular weight excluding hydrogens is 408 g/mol. The van der Waals surface area contributed by atoms with Crippen LogP contribution in [0.25, 0.3) is 0 Å². The highest BCUT2D eigenvalue weighted by molar-refractivity contribution is 6.74. The maximum atomic E-state index is 12.2. The molecule has 0 aromatic heterocycles. The number of carbonyl (C=O) groups is 3. The molecule has 1 fully saturated rings. The van der Waals surface area contributed by atoms with Crippen molar-refractivity contribution in [2.75, 3.05) is 19.7 Å². The van der Waals surface area contributed by atoms with Crippen molar-refractivity contribution in [3.8, 4) is 0 Å². The number of carboxylic acids is 1. The van der Waals surface area contributed by atoms with E-state index in [0.717, 1.165) is 0 Å². The van der Waals surface area contributed by atoms with Gasteiger partial charge in [0.2, 0.25) is 0 Å². The maximum absolute atomic E-state index is 12.2. The molecule has 0 aromatic carbocycles. The first-order valence-electron chi connectivity index (χ1n) is 10.3. The van der Waals surface area contributed by atoms with E-state index in [2.05, 4.69) is 26.1 Å². The van der Waals surface area contributed by atoms with E-state index < -0.39 is 32.0 Å². The zero-order chi connectivity index (χ0) is 23.3. The number of ether oxygens (including phenoxy) is 2. The van der Waals surface area contributed by atoms with E-state index >= 15 is 0 Å². The maximum Gasteiger partial charge on any atom is 0.410 e. The summed E-state index contributed by atoms with van der Waals surface area (Å²) < 4.78 is 16.6. The summed E-state index contributed by atoms with van der Waals surface area (Å²) in [6.07, 6.45) is -0.647. The van der Waals surface area contributed by atoms with E-state index in [1.165, 1.54) is 0 Å². The largest absolute Gasteiger partial charge is 0.480 e. The van der Waals surface area contributed by atoms with Crippen LogP contribution in [0.1, 0.15) is 54.4 Å². The van der Waals surface area contributed by atoms with E-state index in [0.29, 0.717) is 25.9 Å². The first-order valence-corrected chi connectivity index (χ1v) is 13.2. The van der Waals surface area contributed by atoms with Crippen molar-refractivity contribution >= 4 is 26.5 Å². The Morgan fingerprint density at radius 2 is 1.63 bits per heavy atom. The van der Waals surface area contributed by atoms with Crippen molar-refractivity contribution in [2.45, 2.75) is 90.3 Å². The molecule has 1 aliphatic heterocycles. The van der Waals surface area contributed by atoms with Gasteiger partial charge in [-0.3, -0.25) is 0 Å². The minimum Gasteiger partial charge on any atom is -0.480 e. The Bertz CT molecular complexity index is 618. The minimum atomic E-state index is -2.15. The molecule has 0 saturated carbocycles. The van der Waals surface area contributed by atoms with Crippen LogP contribution in [0, 0.1) is 0 Å². The lowest BCUT2D eigenvalue weighted by Gasteiger charge is -2.37. The van der Waals surface area contributed by atoms with Crippen LogP contribution < -0.4 is 5.32 Å². The van der Waals surface area contributed by atoms with Gasteiger partial charge in [0.1, 0.15) is 11.7 Å². The number of nitrogens with one attached hydrogen (secondary N) is 1. The Hall–Kier alpha value is -1.81. The lowest BCUT2D eigenvalue weighted by Crippen LogP contribution is -2.50. The zero-order valence-electron chi connectivity index (χ0n) is 19.5. The zero-order valence-corrected chi connectivity index (χ0v) is 20.5. The fraction of sp³-hybridized carbons (Fsp3) is 0.850. The van der Waals surface area contributed by atoms with E-state index in [1.54, 1.807) is 25.7 Å². The first kappa shape index (κ1) is 26.2. The van der Waals surface area contributed by atoms with Crippen LogP contribution in [0.3, 0.4) is 0 Å². The predicted molar refractivity (Wildman–Crippen MR) is 115 cm³/mol. The number of carboxylic acid groups (broad SMARTS) is 1. The van der Waals surface area contributed by atoms with Crippen molar-refractivity contribution in [2.24, 2.45) is 0 Å². The van der Waals surface area contributed by atoms with Crippen molar-refractivity contribution < 1.29 is 33.4 Å². The monoisotopic (exact) mass is 446 g/mol. The van der Waals surface area contributed by atoms with Gasteiger partial charge in [0.05, 0.1) is 6.61 Å². The second-order valence-corrected chi connectivity index (χ2v) is 15.0. The molecule has 1 saturated heterocycles. The molecule has 0 unspecified atom stereocenters. The van der Waals surface area contributed by atoms with Crippen LogP contribution in [-0.2, 0) is 18.7 Å². The van der Waals surface area contributed by atoms with Crippen LogP contribution >= 0.6 is 0 Å². The van der Waals surface area contributed by atoms with Gasteiger partial charge in [0, 0.05) is 25.9 Å². The minimum absolute atomic E-state index is 0.0708. The number of hydrogen-bond donors (Lipinski definition) is 2. The molecule has 0 aliphatic carbocycles. The molecule has 0 radical (unpaired) electrons. The summed E-state index contributed by atoms with van der Waals surface area (Å²) in [6, 6.07) is -1.19. The summed E-state index contributed by atoms with van der Waals surface area (Å²) in [6.45, 7) is 16.3. The molecule has 2 amide bonds. The molecule has 9 nitrogen and oxygen atoms in total. The molecule has 30 heavy (non-hydrogen) atoms. The Morgan fingerprint density at radius 1 is 1.10 bits per heavy atom. The quantitative estimate of drug-likeness (QED) is 0.599. The topological polar surface area (TPSA) is 114 Å². The van der Waals surface area contributed by atoms with Gasteiger partial charge in [-0.15, -0.1) is 0 Å². The number of aliphatic carboxylic acids is 1. The molecule has 2 N–H and O–H groups in total. The lowest BCUT2D eigenvalue weighted by atomic mass is 10.1. The fourth-order valence-electron chi connectivity index (χ4n) is 2.49. The van der Waals surface area contributed by atoms with Crippen molar-refractivity contribution in [3.05, 3.63) is 0 Å². The molecule has 0 aromatic rings. The number of rotatable bonds is 6. The number of nitrogens with zero attached hydrogens (tertiary/aromatic N) is 1. The number of piperidine rings is 1. The number of likely N-dealkylation sites (tertiary alicyclic amines) is 1. The summed E-state index contributed by atoms with van der Waals surface area (Å²) in [5.74, 6) is -1.18. The van der Waals surface area contributed by atoms with Crippen LogP contribution in [0.15, 0.2) is 0 Å². The molecule has 10 heteroatoms. The summed E-state index contributed by atoms with van der Waals surface area (Å²) >= 11 is 0. The number of alkyl carbamates (subject to hydrolysis) is 1. The molecule has 0 spiro atoms. The third-order valence-corrected chi connectivity index (χ3v) is 9.88. The summed E-state index contributed by atoms with van der Waals surface area (Å²) in [5, 5.41) is 11.7. The predicted octanol–water partition coefficient (Wildman–Crippen LogP) is 3.59. The number of amides is 2. The Balaban J connectivity index is 2.50. The van der Waals surface area contributed by atoms with Gasteiger partial charge in [-0.2, -0.15) is 0 Å². The SMILES string of the molecule is CC(C)(C)OC(=O)N1CCC(OC(=O)N[C@@H](CO[Si](C)(C)C(C)(C)C)C(=O)O)CC1. The summed E-state index contributed by atoms with van der Waals surface area (Å²) in [5.41, 5.74) is -0.567. The highest BCUT2D eigenvalue weighted by atomic mass is 28.4. The van der Waals surface area contributed by atoms with Gasteiger partial charge in [-0.05, 0) is 38.9 Å². The first-order chi connectivity index (χ1) is 13.5. The third kappa shape index (κ3) is 8.51. The molecule has 1 atom stereocenters. The molecule has 0 bridgehead atoms. The lowest BCUT2D eigenvalue weighted by molar-refractivity contribution is -0.140. The molecule has 1 aliphatic rings. The van der Waals surface area contributed by atoms with Crippen molar-refractivity contribution in [3.63, 3.8) is 0 Å². The van der Waals surface area contributed by atoms with Crippen LogP contribution in [0.4, 0.5) is 9.59 Å². The van der Waals surface area contributed by atoms with Crippen LogP contribution in [0.5, 0.6) is 0 Å². The highest BCUT2D eigenvalue weighted by Crippen LogP contribution is 2.36. The van der Waals surface area contributed by atoms with Gasteiger partial charge in [0.15, 0.2) is 14.4 Å². The average Bonchev–Trinajstić information content (AvgIpc) is 2.56. The number of hydrogen-bond acceptors (Lipinski definition) is 6. The van der Waals surface area contributed by atoms with Gasteiger partial charge in [-0.1, -0.05) is 20.8 Å². The van der Waals surface area contributed by atoms with E-state index in [4.69, 9.17) is 13.9 Å². The highest BCUT2D eigenvalue weighted by Gasteiger charge is 2.38. The Kier molecular flexibility index (Phi) is 8.74.